The summed E-state index contributed by atoms with van der Waals surface area (Å²) in [5.41, 5.74) is 2.02. The summed E-state index contributed by atoms with van der Waals surface area (Å²) in [7, 11) is 0. The van der Waals surface area contributed by atoms with Crippen LogP contribution in [-0.2, 0) is 4.79 Å². The molecule has 24 heavy (non-hydrogen) atoms. The van der Waals surface area contributed by atoms with Gasteiger partial charge in [-0.05, 0) is 56.9 Å². The molecule has 3 rings (SSSR count). The van der Waals surface area contributed by atoms with Crippen LogP contribution in [0.5, 0.6) is 5.75 Å². The van der Waals surface area contributed by atoms with Gasteiger partial charge in [-0.25, -0.2) is 4.79 Å². The zero-order valence-electron chi connectivity index (χ0n) is 14.0. The normalized spacial score (nSPS) is 17.6. The number of carbonyl (C=O) groups is 2. The van der Waals surface area contributed by atoms with E-state index in [1.807, 2.05) is 26.0 Å². The maximum Gasteiger partial charge on any atom is 0.334 e. The van der Waals surface area contributed by atoms with Crippen molar-refractivity contribution in [3.8, 4) is 5.75 Å². The van der Waals surface area contributed by atoms with Crippen molar-refractivity contribution in [3.63, 3.8) is 0 Å². The Morgan fingerprint density at radius 1 is 1.21 bits per heavy atom. The number of aryl methyl sites for hydroxylation is 2. The summed E-state index contributed by atoms with van der Waals surface area (Å²) in [4.78, 5) is 26.8. The van der Waals surface area contributed by atoms with E-state index in [1.54, 1.807) is 23.1 Å². The summed E-state index contributed by atoms with van der Waals surface area (Å²) in [5, 5.41) is 0. The van der Waals surface area contributed by atoms with E-state index in [2.05, 4.69) is 0 Å². The summed E-state index contributed by atoms with van der Waals surface area (Å²) in [6, 6.07) is 8.38. The number of hydrogen-bond acceptors (Lipinski definition) is 4. The maximum absolute atomic E-state index is 12.6. The molecule has 126 valence electrons. The molecule has 0 spiro atoms. The highest BCUT2D eigenvalue weighted by Crippen LogP contribution is 2.24. The maximum atomic E-state index is 12.6. The minimum Gasteiger partial charge on any atom is -0.459 e. The molecule has 0 aliphatic carbocycles. The standard InChI is InChI=1S/C19H21NO4/c1-13-8-9-16(14(2)12-13)24-19(22)15-6-3-4-10-20(15)18(21)17-7-5-11-23-17/h5,7-9,11-12,15H,3-4,6,10H2,1-2H3. The highest BCUT2D eigenvalue weighted by molar-refractivity contribution is 5.95. The van der Waals surface area contributed by atoms with Gasteiger partial charge in [-0.15, -0.1) is 0 Å². The van der Waals surface area contributed by atoms with Crippen LogP contribution < -0.4 is 4.74 Å². The van der Waals surface area contributed by atoms with Crippen molar-refractivity contribution in [1.82, 2.24) is 4.90 Å². The van der Waals surface area contributed by atoms with Crippen molar-refractivity contribution < 1.29 is 18.7 Å². The van der Waals surface area contributed by atoms with Crippen molar-refractivity contribution in [1.29, 1.82) is 0 Å². The number of ether oxygens (including phenoxy) is 1. The van der Waals surface area contributed by atoms with Crippen molar-refractivity contribution in [3.05, 3.63) is 53.5 Å². The number of piperidine rings is 1. The van der Waals surface area contributed by atoms with Gasteiger partial charge in [0.1, 0.15) is 11.8 Å². The van der Waals surface area contributed by atoms with Gasteiger partial charge in [0.25, 0.3) is 5.91 Å². The predicted molar refractivity (Wildman–Crippen MR) is 88.9 cm³/mol. The number of amides is 1. The first-order valence-electron chi connectivity index (χ1n) is 8.19. The minimum absolute atomic E-state index is 0.251. The molecule has 5 nitrogen and oxygen atoms in total. The molecular formula is C19H21NO4. The third-order valence-corrected chi connectivity index (χ3v) is 4.31. The van der Waals surface area contributed by atoms with E-state index in [1.165, 1.54) is 6.26 Å². The van der Waals surface area contributed by atoms with E-state index in [4.69, 9.17) is 9.15 Å². The van der Waals surface area contributed by atoms with Crippen LogP contribution in [0.15, 0.2) is 41.0 Å². The molecule has 1 aliphatic rings. The van der Waals surface area contributed by atoms with Crippen LogP contribution in [0.25, 0.3) is 0 Å². The number of esters is 1. The Morgan fingerprint density at radius 3 is 2.75 bits per heavy atom. The molecule has 0 bridgehead atoms. The molecule has 1 saturated heterocycles. The number of carbonyl (C=O) groups excluding carboxylic acids is 2. The van der Waals surface area contributed by atoms with Crippen LogP contribution in [0.4, 0.5) is 0 Å². The summed E-state index contributed by atoms with van der Waals surface area (Å²) in [6.45, 7) is 4.43. The smallest absolute Gasteiger partial charge is 0.334 e. The Hall–Kier alpha value is -2.56. The molecular weight excluding hydrogens is 306 g/mol. The third kappa shape index (κ3) is 3.35. The first-order chi connectivity index (χ1) is 11.6. The highest BCUT2D eigenvalue weighted by atomic mass is 16.5. The van der Waals surface area contributed by atoms with E-state index < -0.39 is 6.04 Å². The lowest BCUT2D eigenvalue weighted by molar-refractivity contribution is -0.140. The van der Waals surface area contributed by atoms with Crippen LogP contribution in [0, 0.1) is 13.8 Å². The number of likely N-dealkylation sites (tertiary alicyclic amines) is 1. The first kappa shape index (κ1) is 16.3. The second kappa shape index (κ2) is 6.91. The number of rotatable bonds is 3. The van der Waals surface area contributed by atoms with Crippen LogP contribution in [0.3, 0.4) is 0 Å². The topological polar surface area (TPSA) is 59.8 Å². The summed E-state index contributed by atoms with van der Waals surface area (Å²) < 4.78 is 10.8. The van der Waals surface area contributed by atoms with Crippen molar-refractivity contribution in [2.45, 2.75) is 39.2 Å². The molecule has 1 fully saturated rings. The van der Waals surface area contributed by atoms with E-state index in [0.29, 0.717) is 18.7 Å². The summed E-state index contributed by atoms with van der Waals surface area (Å²) >= 11 is 0. The van der Waals surface area contributed by atoms with Crippen LogP contribution in [0.1, 0.15) is 40.9 Å². The highest BCUT2D eigenvalue weighted by Gasteiger charge is 2.35. The summed E-state index contributed by atoms with van der Waals surface area (Å²) in [6.07, 6.45) is 3.84. The Kier molecular flexibility index (Phi) is 4.69. The lowest BCUT2D eigenvalue weighted by Gasteiger charge is -2.33. The van der Waals surface area contributed by atoms with Gasteiger partial charge in [-0.3, -0.25) is 4.79 Å². The van der Waals surface area contributed by atoms with E-state index >= 15 is 0 Å². The van der Waals surface area contributed by atoms with Crippen molar-refractivity contribution >= 4 is 11.9 Å². The Morgan fingerprint density at radius 2 is 2.04 bits per heavy atom. The van der Waals surface area contributed by atoms with Gasteiger partial charge in [0.05, 0.1) is 6.26 Å². The molecule has 2 heterocycles. The van der Waals surface area contributed by atoms with Gasteiger partial charge in [0, 0.05) is 6.54 Å². The Bertz CT molecular complexity index is 736. The van der Waals surface area contributed by atoms with Crippen LogP contribution >= 0.6 is 0 Å². The van der Waals surface area contributed by atoms with Crippen molar-refractivity contribution in [2.24, 2.45) is 0 Å². The van der Waals surface area contributed by atoms with E-state index in [-0.39, 0.29) is 17.6 Å². The molecule has 0 N–H and O–H groups in total. The van der Waals surface area contributed by atoms with Gasteiger partial charge >= 0.3 is 5.97 Å². The van der Waals surface area contributed by atoms with Crippen molar-refractivity contribution in [2.75, 3.05) is 6.54 Å². The summed E-state index contributed by atoms with van der Waals surface area (Å²) in [5.74, 6) is 0.145. The zero-order valence-corrected chi connectivity index (χ0v) is 14.0. The average molecular weight is 327 g/mol. The van der Waals surface area contributed by atoms with Crippen LogP contribution in [-0.4, -0.2) is 29.4 Å². The van der Waals surface area contributed by atoms with E-state index in [0.717, 1.165) is 24.0 Å². The molecule has 1 aromatic heterocycles. The fourth-order valence-corrected chi connectivity index (χ4v) is 3.05. The minimum atomic E-state index is -0.572. The Balaban J connectivity index is 1.77. The Labute approximate surface area is 141 Å². The molecule has 1 unspecified atom stereocenters. The number of nitrogens with zero attached hydrogens (tertiary/aromatic N) is 1. The predicted octanol–water partition coefficient (Wildman–Crippen LogP) is 3.50. The second-order valence-electron chi connectivity index (χ2n) is 6.18. The molecule has 1 aromatic carbocycles. The fraction of sp³-hybridized carbons (Fsp3) is 0.368. The lowest BCUT2D eigenvalue weighted by Crippen LogP contribution is -2.49. The molecule has 2 aromatic rings. The molecule has 0 radical (unpaired) electrons. The largest absolute Gasteiger partial charge is 0.459 e. The lowest BCUT2D eigenvalue weighted by atomic mass is 10.0. The van der Waals surface area contributed by atoms with Gasteiger partial charge < -0.3 is 14.1 Å². The quantitative estimate of drug-likeness (QED) is 0.639. The van der Waals surface area contributed by atoms with Gasteiger partial charge in [-0.1, -0.05) is 17.7 Å². The molecule has 5 heteroatoms. The molecule has 0 saturated carbocycles. The first-order valence-corrected chi connectivity index (χ1v) is 8.19. The zero-order chi connectivity index (χ0) is 17.1. The fourth-order valence-electron chi connectivity index (χ4n) is 3.05. The van der Waals surface area contributed by atoms with Gasteiger partial charge in [0.15, 0.2) is 5.76 Å². The number of hydrogen-bond donors (Lipinski definition) is 0. The van der Waals surface area contributed by atoms with E-state index in [9.17, 15) is 9.59 Å². The molecule has 1 atom stereocenters. The molecule has 1 aliphatic heterocycles. The SMILES string of the molecule is Cc1ccc(OC(=O)C2CCCCN2C(=O)c2ccco2)c(C)c1. The number of benzene rings is 1. The van der Waals surface area contributed by atoms with Gasteiger partial charge in [0.2, 0.25) is 0 Å². The molecule has 1 amide bonds. The van der Waals surface area contributed by atoms with Crippen LogP contribution in [0.2, 0.25) is 0 Å². The number of furan rings is 1. The second-order valence-corrected chi connectivity index (χ2v) is 6.18. The van der Waals surface area contributed by atoms with Gasteiger partial charge in [-0.2, -0.15) is 0 Å². The monoisotopic (exact) mass is 327 g/mol. The third-order valence-electron chi connectivity index (χ3n) is 4.31. The average Bonchev–Trinajstić information content (AvgIpc) is 3.11.